The van der Waals surface area contributed by atoms with Crippen molar-refractivity contribution < 1.29 is 5.11 Å². The molecule has 0 aliphatic heterocycles. The highest BCUT2D eigenvalue weighted by Gasteiger charge is 2.27. The van der Waals surface area contributed by atoms with Crippen molar-refractivity contribution >= 4 is 0 Å². The highest BCUT2D eigenvalue weighted by atomic mass is 16.3. The van der Waals surface area contributed by atoms with Gasteiger partial charge in [-0.3, -0.25) is 0 Å². The van der Waals surface area contributed by atoms with Gasteiger partial charge in [0.25, 0.3) is 0 Å². The summed E-state index contributed by atoms with van der Waals surface area (Å²) in [5.41, 5.74) is 3.81. The molecule has 0 amide bonds. The molecule has 1 fully saturated rings. The fourth-order valence-electron chi connectivity index (χ4n) is 2.58. The lowest BCUT2D eigenvalue weighted by atomic mass is 9.75. The summed E-state index contributed by atoms with van der Waals surface area (Å²) in [4.78, 5) is 0. The Morgan fingerprint density at radius 1 is 1.00 bits per heavy atom. The van der Waals surface area contributed by atoms with Crippen molar-refractivity contribution in [2.24, 2.45) is 0 Å². The fourth-order valence-corrected chi connectivity index (χ4v) is 2.58. The van der Waals surface area contributed by atoms with E-state index in [1.807, 2.05) is 27.7 Å². The predicted octanol–water partition coefficient (Wildman–Crippen LogP) is 7.13. The fraction of sp³-hybridized carbons (Fsp3) is 0.714. The van der Waals surface area contributed by atoms with E-state index in [2.05, 4.69) is 46.8 Å². The molecule has 2 rings (SSSR count). The van der Waals surface area contributed by atoms with Crippen molar-refractivity contribution in [3.8, 4) is 5.75 Å². The molecule has 128 valence electrons. The number of hydrogen-bond donors (Lipinski definition) is 1. The molecule has 0 spiro atoms. The average molecular weight is 307 g/mol. The van der Waals surface area contributed by atoms with Crippen LogP contribution < -0.4 is 0 Å². The Balaban J connectivity index is 0.00000102. The quantitative estimate of drug-likeness (QED) is 0.616. The number of benzene rings is 1. The van der Waals surface area contributed by atoms with E-state index in [4.69, 9.17) is 0 Å². The van der Waals surface area contributed by atoms with Gasteiger partial charge in [0.05, 0.1) is 0 Å². The Labute approximate surface area is 139 Å². The molecule has 1 heteroatoms. The van der Waals surface area contributed by atoms with E-state index in [1.54, 1.807) is 0 Å². The van der Waals surface area contributed by atoms with Crippen LogP contribution in [0.1, 0.15) is 110 Å². The van der Waals surface area contributed by atoms with Gasteiger partial charge in [0, 0.05) is 0 Å². The molecule has 22 heavy (non-hydrogen) atoms. The Morgan fingerprint density at radius 3 is 1.82 bits per heavy atom. The first-order valence-electron chi connectivity index (χ1n) is 9.18. The standard InChI is InChI=1S/C17H26O.2C2H6/c1-11(2)14-9-13(17(3,4)5)10-15(16(14)18)12-7-6-8-12;2*1-2/h9-12,18H,6-8H2,1-5H3;2*1-2H3. The van der Waals surface area contributed by atoms with Gasteiger partial charge >= 0.3 is 0 Å². The zero-order valence-electron chi connectivity index (χ0n) is 16.4. The van der Waals surface area contributed by atoms with Crippen molar-refractivity contribution in [2.75, 3.05) is 0 Å². The van der Waals surface area contributed by atoms with E-state index in [1.165, 1.54) is 30.4 Å². The van der Waals surface area contributed by atoms with Gasteiger partial charge in [0.1, 0.15) is 5.75 Å². The second-order valence-corrected chi connectivity index (χ2v) is 7.04. The number of phenols is 1. The van der Waals surface area contributed by atoms with E-state index in [0.717, 1.165) is 5.56 Å². The molecule has 1 aliphatic rings. The molecule has 1 nitrogen and oxygen atoms in total. The molecule has 1 saturated carbocycles. The van der Waals surface area contributed by atoms with E-state index in [-0.39, 0.29) is 5.41 Å². The number of phenolic OH excluding ortho intramolecular Hbond substituents is 1. The zero-order chi connectivity index (χ0) is 17.5. The molecule has 1 aromatic carbocycles. The van der Waals surface area contributed by atoms with E-state index in [9.17, 15) is 5.11 Å². The van der Waals surface area contributed by atoms with Crippen LogP contribution >= 0.6 is 0 Å². The van der Waals surface area contributed by atoms with Crippen LogP contribution in [0, 0.1) is 0 Å². The zero-order valence-corrected chi connectivity index (χ0v) is 16.4. The van der Waals surface area contributed by atoms with Gasteiger partial charge in [0.15, 0.2) is 0 Å². The van der Waals surface area contributed by atoms with Gasteiger partial charge in [-0.05, 0) is 46.8 Å². The molecule has 1 aromatic rings. The van der Waals surface area contributed by atoms with Gasteiger partial charge in [-0.2, -0.15) is 0 Å². The SMILES string of the molecule is CC.CC.CC(C)c1cc(C(C)(C)C)cc(C2CCC2)c1O. The summed E-state index contributed by atoms with van der Waals surface area (Å²) < 4.78 is 0. The van der Waals surface area contributed by atoms with Crippen molar-refractivity contribution in [3.63, 3.8) is 0 Å². The molecule has 0 heterocycles. The first-order chi connectivity index (χ1) is 10.3. The highest BCUT2D eigenvalue weighted by molar-refractivity contribution is 5.49. The van der Waals surface area contributed by atoms with Crippen molar-refractivity contribution in [2.45, 2.75) is 98.8 Å². The van der Waals surface area contributed by atoms with Gasteiger partial charge < -0.3 is 5.11 Å². The van der Waals surface area contributed by atoms with Crippen LogP contribution in [0.4, 0.5) is 0 Å². The summed E-state index contributed by atoms with van der Waals surface area (Å²) in [7, 11) is 0. The number of hydrogen-bond acceptors (Lipinski definition) is 1. The first kappa shape index (κ1) is 21.0. The van der Waals surface area contributed by atoms with Crippen LogP contribution in [0.3, 0.4) is 0 Å². The maximum atomic E-state index is 10.5. The minimum Gasteiger partial charge on any atom is -0.507 e. The van der Waals surface area contributed by atoms with E-state index < -0.39 is 0 Å². The molecule has 1 aliphatic carbocycles. The molecule has 0 radical (unpaired) electrons. The minimum atomic E-state index is 0.149. The van der Waals surface area contributed by atoms with Crippen molar-refractivity contribution in [1.29, 1.82) is 0 Å². The largest absolute Gasteiger partial charge is 0.507 e. The molecule has 0 atom stereocenters. The van der Waals surface area contributed by atoms with E-state index in [0.29, 0.717) is 17.6 Å². The summed E-state index contributed by atoms with van der Waals surface area (Å²) in [5.74, 6) is 1.53. The van der Waals surface area contributed by atoms with Crippen LogP contribution in [0.15, 0.2) is 12.1 Å². The monoisotopic (exact) mass is 306 g/mol. The van der Waals surface area contributed by atoms with Crippen LogP contribution in [0.2, 0.25) is 0 Å². The Bertz CT molecular complexity index is 434. The molecule has 0 unspecified atom stereocenters. The van der Waals surface area contributed by atoms with Gasteiger partial charge in [0.2, 0.25) is 0 Å². The maximum absolute atomic E-state index is 10.5. The second kappa shape index (κ2) is 9.22. The van der Waals surface area contributed by atoms with Crippen LogP contribution in [0.5, 0.6) is 5.75 Å². The normalized spacial score (nSPS) is 14.5. The highest BCUT2D eigenvalue weighted by Crippen LogP contribution is 2.45. The summed E-state index contributed by atoms with van der Waals surface area (Å²) in [6.45, 7) is 19.0. The third kappa shape index (κ3) is 5.04. The smallest absolute Gasteiger partial charge is 0.122 e. The van der Waals surface area contributed by atoms with Gasteiger partial charge in [-0.15, -0.1) is 0 Å². The van der Waals surface area contributed by atoms with Gasteiger partial charge in [-0.1, -0.05) is 80.9 Å². The Kier molecular flexibility index (Phi) is 8.81. The minimum absolute atomic E-state index is 0.149. The lowest BCUT2D eigenvalue weighted by molar-refractivity contribution is 0.388. The van der Waals surface area contributed by atoms with Crippen LogP contribution in [-0.4, -0.2) is 5.11 Å². The average Bonchev–Trinajstić information content (AvgIpc) is 2.42. The lowest BCUT2D eigenvalue weighted by Gasteiger charge is -2.30. The molecule has 0 aromatic heterocycles. The lowest BCUT2D eigenvalue weighted by Crippen LogP contribution is -2.16. The second-order valence-electron chi connectivity index (χ2n) is 7.04. The predicted molar refractivity (Wildman–Crippen MR) is 100 cm³/mol. The summed E-state index contributed by atoms with van der Waals surface area (Å²) >= 11 is 0. The summed E-state index contributed by atoms with van der Waals surface area (Å²) in [6, 6.07) is 4.44. The number of aromatic hydroxyl groups is 1. The Hall–Kier alpha value is -0.980. The summed E-state index contributed by atoms with van der Waals surface area (Å²) in [5, 5.41) is 10.5. The van der Waals surface area contributed by atoms with Crippen molar-refractivity contribution in [1.82, 2.24) is 0 Å². The maximum Gasteiger partial charge on any atom is 0.122 e. The van der Waals surface area contributed by atoms with Gasteiger partial charge in [-0.25, -0.2) is 0 Å². The third-order valence-corrected chi connectivity index (χ3v) is 4.20. The van der Waals surface area contributed by atoms with Crippen LogP contribution in [-0.2, 0) is 5.41 Å². The first-order valence-corrected chi connectivity index (χ1v) is 9.18. The molecule has 1 N–H and O–H groups in total. The topological polar surface area (TPSA) is 20.2 Å². The number of rotatable bonds is 2. The molecular weight excluding hydrogens is 268 g/mol. The van der Waals surface area contributed by atoms with Crippen LogP contribution in [0.25, 0.3) is 0 Å². The molecule has 0 bridgehead atoms. The van der Waals surface area contributed by atoms with Crippen molar-refractivity contribution in [3.05, 3.63) is 28.8 Å². The van der Waals surface area contributed by atoms with E-state index >= 15 is 0 Å². The third-order valence-electron chi connectivity index (χ3n) is 4.20. The molecule has 0 saturated heterocycles. The Morgan fingerprint density at radius 2 is 1.50 bits per heavy atom. The summed E-state index contributed by atoms with van der Waals surface area (Å²) in [6.07, 6.45) is 3.78. The molecular formula is C21H38O.